The summed E-state index contributed by atoms with van der Waals surface area (Å²) in [5.41, 5.74) is 5.23. The van der Waals surface area contributed by atoms with Crippen LogP contribution in [-0.2, 0) is 13.0 Å². The highest BCUT2D eigenvalue weighted by Crippen LogP contribution is 1.95. The molecule has 0 bridgehead atoms. The van der Waals surface area contributed by atoms with Gasteiger partial charge in [0.2, 0.25) is 5.89 Å². The molecular weight excluding hydrogens is 154 g/mol. The lowest BCUT2D eigenvalue weighted by Gasteiger charge is -1.77. The molecular formula is C5H10ClN3O. The highest BCUT2D eigenvalue weighted by atomic mass is 35.5. The summed E-state index contributed by atoms with van der Waals surface area (Å²) in [5.74, 6) is 1.22. The number of aromatic nitrogens is 2. The van der Waals surface area contributed by atoms with Crippen molar-refractivity contribution in [1.29, 1.82) is 0 Å². The monoisotopic (exact) mass is 163 g/mol. The van der Waals surface area contributed by atoms with E-state index >= 15 is 0 Å². The third kappa shape index (κ3) is 1.97. The van der Waals surface area contributed by atoms with E-state index < -0.39 is 0 Å². The molecule has 4 nitrogen and oxygen atoms in total. The van der Waals surface area contributed by atoms with E-state index in [4.69, 9.17) is 10.3 Å². The largest absolute Gasteiger partial charge is 0.339 e. The van der Waals surface area contributed by atoms with Gasteiger partial charge >= 0.3 is 0 Å². The zero-order valence-corrected chi connectivity index (χ0v) is 6.52. The van der Waals surface area contributed by atoms with E-state index in [0.717, 1.165) is 6.42 Å². The molecule has 0 fully saturated rings. The SMILES string of the molecule is CCc1nc(CN)no1.Cl. The highest BCUT2D eigenvalue weighted by Gasteiger charge is 1.99. The first kappa shape index (κ1) is 9.39. The van der Waals surface area contributed by atoms with E-state index in [0.29, 0.717) is 18.3 Å². The average molecular weight is 164 g/mol. The van der Waals surface area contributed by atoms with Gasteiger partial charge in [-0.3, -0.25) is 0 Å². The van der Waals surface area contributed by atoms with Crippen molar-refractivity contribution < 1.29 is 4.52 Å². The van der Waals surface area contributed by atoms with Gasteiger partial charge in [-0.25, -0.2) is 0 Å². The molecule has 0 saturated heterocycles. The number of nitrogens with zero attached hydrogens (tertiary/aromatic N) is 2. The molecule has 58 valence electrons. The number of nitrogens with two attached hydrogens (primary N) is 1. The fourth-order valence-electron chi connectivity index (χ4n) is 0.517. The fraction of sp³-hybridized carbons (Fsp3) is 0.600. The number of rotatable bonds is 2. The predicted molar refractivity (Wildman–Crippen MR) is 38.8 cm³/mol. The summed E-state index contributed by atoms with van der Waals surface area (Å²) < 4.78 is 4.76. The molecule has 2 N–H and O–H groups in total. The summed E-state index contributed by atoms with van der Waals surface area (Å²) in [6, 6.07) is 0. The Kier molecular flexibility index (Phi) is 3.99. The molecule has 5 heteroatoms. The molecule has 10 heavy (non-hydrogen) atoms. The minimum atomic E-state index is 0. The van der Waals surface area contributed by atoms with E-state index in [1.807, 2.05) is 6.92 Å². The van der Waals surface area contributed by atoms with Gasteiger partial charge in [-0.05, 0) is 0 Å². The maximum atomic E-state index is 5.23. The van der Waals surface area contributed by atoms with Gasteiger partial charge in [0.25, 0.3) is 0 Å². The van der Waals surface area contributed by atoms with E-state index in [9.17, 15) is 0 Å². The fourth-order valence-corrected chi connectivity index (χ4v) is 0.517. The van der Waals surface area contributed by atoms with Gasteiger partial charge in [-0.1, -0.05) is 12.1 Å². The number of aryl methyl sites for hydroxylation is 1. The van der Waals surface area contributed by atoms with Crippen molar-refractivity contribution in [2.45, 2.75) is 19.9 Å². The lowest BCUT2D eigenvalue weighted by Crippen LogP contribution is -1.97. The van der Waals surface area contributed by atoms with Crippen molar-refractivity contribution in [3.63, 3.8) is 0 Å². The maximum Gasteiger partial charge on any atom is 0.226 e. The van der Waals surface area contributed by atoms with Crippen molar-refractivity contribution in [1.82, 2.24) is 10.1 Å². The molecule has 1 aromatic heterocycles. The number of halogens is 1. The zero-order valence-electron chi connectivity index (χ0n) is 5.70. The molecule has 0 atom stereocenters. The summed E-state index contributed by atoms with van der Waals surface area (Å²) >= 11 is 0. The third-order valence-electron chi connectivity index (χ3n) is 0.995. The van der Waals surface area contributed by atoms with E-state index in [1.54, 1.807) is 0 Å². The van der Waals surface area contributed by atoms with Gasteiger partial charge in [0, 0.05) is 6.42 Å². The van der Waals surface area contributed by atoms with Crippen LogP contribution in [0.3, 0.4) is 0 Å². The summed E-state index contributed by atoms with van der Waals surface area (Å²) in [4.78, 5) is 3.94. The number of hydrogen-bond donors (Lipinski definition) is 1. The van der Waals surface area contributed by atoms with Crippen LogP contribution < -0.4 is 5.73 Å². The van der Waals surface area contributed by atoms with Gasteiger partial charge in [-0.2, -0.15) is 4.98 Å². The Hall–Kier alpha value is -0.610. The zero-order chi connectivity index (χ0) is 6.69. The minimum absolute atomic E-state index is 0. The molecule has 0 spiro atoms. The molecule has 0 aliphatic carbocycles. The van der Waals surface area contributed by atoms with Crippen LogP contribution in [0.4, 0.5) is 0 Å². The average Bonchev–Trinajstić information content (AvgIpc) is 2.34. The predicted octanol–water partition coefficient (Wildman–Crippen LogP) is 0.512. The van der Waals surface area contributed by atoms with Crippen LogP contribution in [0.5, 0.6) is 0 Å². The van der Waals surface area contributed by atoms with Gasteiger partial charge in [-0.15, -0.1) is 12.4 Å². The topological polar surface area (TPSA) is 64.9 Å². The van der Waals surface area contributed by atoms with Crippen LogP contribution in [0.15, 0.2) is 4.52 Å². The molecule has 0 saturated carbocycles. The normalized spacial score (nSPS) is 9.00. The Balaban J connectivity index is 0.000000810. The Bertz CT molecular complexity index is 170. The van der Waals surface area contributed by atoms with Crippen molar-refractivity contribution in [3.8, 4) is 0 Å². The second-order valence-corrected chi connectivity index (χ2v) is 1.66. The third-order valence-corrected chi connectivity index (χ3v) is 0.995. The maximum absolute atomic E-state index is 5.23. The first-order valence-corrected chi connectivity index (χ1v) is 2.88. The van der Waals surface area contributed by atoms with Crippen LogP contribution >= 0.6 is 12.4 Å². The van der Waals surface area contributed by atoms with Crippen molar-refractivity contribution in [2.24, 2.45) is 5.73 Å². The lowest BCUT2D eigenvalue weighted by atomic mass is 10.5. The summed E-state index contributed by atoms with van der Waals surface area (Å²) in [7, 11) is 0. The summed E-state index contributed by atoms with van der Waals surface area (Å²) in [5, 5.41) is 3.59. The second kappa shape index (κ2) is 4.24. The van der Waals surface area contributed by atoms with E-state index in [1.165, 1.54) is 0 Å². The number of hydrogen-bond acceptors (Lipinski definition) is 4. The first-order valence-electron chi connectivity index (χ1n) is 2.88. The highest BCUT2D eigenvalue weighted by molar-refractivity contribution is 5.85. The van der Waals surface area contributed by atoms with Crippen molar-refractivity contribution in [2.75, 3.05) is 0 Å². The van der Waals surface area contributed by atoms with Crippen molar-refractivity contribution >= 4 is 12.4 Å². The second-order valence-electron chi connectivity index (χ2n) is 1.66. The Labute approximate surface area is 65.2 Å². The molecule has 0 radical (unpaired) electrons. The summed E-state index contributed by atoms with van der Waals surface area (Å²) in [6.45, 7) is 2.30. The van der Waals surface area contributed by atoms with Crippen LogP contribution in [0.2, 0.25) is 0 Å². The van der Waals surface area contributed by atoms with Crippen LogP contribution in [0.25, 0.3) is 0 Å². The molecule has 1 heterocycles. The Morgan fingerprint density at radius 3 is 2.60 bits per heavy atom. The standard InChI is InChI=1S/C5H9N3O.ClH/c1-2-5-7-4(3-6)8-9-5;/h2-3,6H2,1H3;1H. The molecule has 0 amide bonds. The molecule has 1 aromatic rings. The Morgan fingerprint density at radius 1 is 1.60 bits per heavy atom. The van der Waals surface area contributed by atoms with Gasteiger partial charge in [0.15, 0.2) is 5.82 Å². The molecule has 0 unspecified atom stereocenters. The summed E-state index contributed by atoms with van der Waals surface area (Å²) in [6.07, 6.45) is 0.771. The van der Waals surface area contributed by atoms with Gasteiger partial charge in [0.1, 0.15) is 0 Å². The molecule has 0 aliphatic rings. The van der Waals surface area contributed by atoms with E-state index in [2.05, 4.69) is 10.1 Å². The smallest absolute Gasteiger partial charge is 0.226 e. The van der Waals surface area contributed by atoms with Gasteiger partial charge < -0.3 is 10.3 Å². The molecule has 0 aliphatic heterocycles. The van der Waals surface area contributed by atoms with Gasteiger partial charge in [0.05, 0.1) is 6.54 Å². The molecule has 1 rings (SSSR count). The van der Waals surface area contributed by atoms with E-state index in [-0.39, 0.29) is 12.4 Å². The van der Waals surface area contributed by atoms with Crippen LogP contribution in [-0.4, -0.2) is 10.1 Å². The van der Waals surface area contributed by atoms with Crippen LogP contribution in [0, 0.1) is 0 Å². The van der Waals surface area contributed by atoms with Crippen molar-refractivity contribution in [3.05, 3.63) is 11.7 Å². The molecule has 0 aromatic carbocycles. The first-order chi connectivity index (χ1) is 4.36. The quantitative estimate of drug-likeness (QED) is 0.690. The lowest BCUT2D eigenvalue weighted by molar-refractivity contribution is 0.377. The van der Waals surface area contributed by atoms with Crippen LogP contribution in [0.1, 0.15) is 18.6 Å². The minimum Gasteiger partial charge on any atom is -0.339 e. The Morgan fingerprint density at radius 2 is 2.30 bits per heavy atom.